The van der Waals surface area contributed by atoms with E-state index in [4.69, 9.17) is 0 Å². The molecule has 0 unspecified atom stereocenters. The van der Waals surface area contributed by atoms with Crippen LogP contribution in [0, 0.1) is 11.3 Å². The summed E-state index contributed by atoms with van der Waals surface area (Å²) >= 11 is 0. The van der Waals surface area contributed by atoms with Gasteiger partial charge in [0.05, 0.1) is 0 Å². The number of hydrogen-bond donors (Lipinski definition) is 1. The highest BCUT2D eigenvalue weighted by Gasteiger charge is 2.37. The summed E-state index contributed by atoms with van der Waals surface area (Å²) in [7, 11) is 0. The van der Waals surface area contributed by atoms with E-state index in [0.717, 1.165) is 5.92 Å². The van der Waals surface area contributed by atoms with Crippen molar-refractivity contribution in [3.8, 4) is 0 Å². The standard InChI is InChI=1S/C13H27N/c1-11(2)9-13(7-6-8-13)10-14-12(3,4)5/h11,14H,6-10H2,1-5H3. The summed E-state index contributed by atoms with van der Waals surface area (Å²) in [6.07, 6.45) is 5.72. The van der Waals surface area contributed by atoms with Crippen LogP contribution in [0.2, 0.25) is 0 Å². The fraction of sp³-hybridized carbons (Fsp3) is 1.00. The van der Waals surface area contributed by atoms with Gasteiger partial charge in [-0.15, -0.1) is 0 Å². The van der Waals surface area contributed by atoms with Crippen LogP contribution in [0.4, 0.5) is 0 Å². The molecular weight excluding hydrogens is 170 g/mol. The zero-order valence-electron chi connectivity index (χ0n) is 10.6. The van der Waals surface area contributed by atoms with Crippen LogP contribution in [0.5, 0.6) is 0 Å². The minimum absolute atomic E-state index is 0.277. The van der Waals surface area contributed by atoms with Gasteiger partial charge < -0.3 is 5.32 Å². The molecule has 1 N–H and O–H groups in total. The van der Waals surface area contributed by atoms with E-state index in [-0.39, 0.29) is 5.54 Å². The Balaban J connectivity index is 2.38. The summed E-state index contributed by atoms with van der Waals surface area (Å²) in [5.41, 5.74) is 0.918. The molecule has 0 heterocycles. The number of nitrogens with one attached hydrogen (secondary N) is 1. The third-order valence-corrected chi connectivity index (χ3v) is 3.25. The van der Waals surface area contributed by atoms with E-state index in [1.54, 1.807) is 0 Å². The van der Waals surface area contributed by atoms with Crippen molar-refractivity contribution in [3.05, 3.63) is 0 Å². The van der Waals surface area contributed by atoms with Gasteiger partial charge in [-0.1, -0.05) is 20.3 Å². The minimum atomic E-state index is 0.277. The van der Waals surface area contributed by atoms with E-state index in [1.165, 1.54) is 32.2 Å². The molecule has 14 heavy (non-hydrogen) atoms. The Morgan fingerprint density at radius 3 is 2.07 bits per heavy atom. The predicted molar refractivity (Wildman–Crippen MR) is 63.5 cm³/mol. The molecule has 0 bridgehead atoms. The normalized spacial score (nSPS) is 21.0. The second-order valence-corrected chi connectivity index (χ2v) is 6.56. The monoisotopic (exact) mass is 197 g/mol. The zero-order chi connectivity index (χ0) is 10.8. The van der Waals surface area contributed by atoms with Gasteiger partial charge in [-0.25, -0.2) is 0 Å². The Morgan fingerprint density at radius 2 is 1.79 bits per heavy atom. The average Bonchev–Trinajstić information content (AvgIpc) is 1.92. The van der Waals surface area contributed by atoms with E-state index in [0.29, 0.717) is 5.41 Å². The van der Waals surface area contributed by atoms with Crippen molar-refractivity contribution < 1.29 is 0 Å². The van der Waals surface area contributed by atoms with E-state index >= 15 is 0 Å². The van der Waals surface area contributed by atoms with Crippen molar-refractivity contribution in [3.63, 3.8) is 0 Å². The maximum atomic E-state index is 3.67. The van der Waals surface area contributed by atoms with E-state index in [9.17, 15) is 0 Å². The summed E-state index contributed by atoms with van der Waals surface area (Å²) in [6.45, 7) is 12.7. The maximum Gasteiger partial charge on any atom is 0.00967 e. The molecule has 0 radical (unpaired) electrons. The van der Waals surface area contributed by atoms with Gasteiger partial charge in [-0.3, -0.25) is 0 Å². The minimum Gasteiger partial charge on any atom is -0.312 e. The molecule has 1 rings (SSSR count). The molecule has 1 heteroatoms. The molecule has 1 nitrogen and oxygen atoms in total. The van der Waals surface area contributed by atoms with Crippen molar-refractivity contribution in [1.29, 1.82) is 0 Å². The Hall–Kier alpha value is -0.0400. The zero-order valence-corrected chi connectivity index (χ0v) is 10.6. The third-order valence-electron chi connectivity index (χ3n) is 3.25. The smallest absolute Gasteiger partial charge is 0.00967 e. The van der Waals surface area contributed by atoms with Crippen LogP contribution in [0.15, 0.2) is 0 Å². The lowest BCUT2D eigenvalue weighted by molar-refractivity contribution is 0.0889. The summed E-state index contributed by atoms with van der Waals surface area (Å²) in [6, 6.07) is 0. The lowest BCUT2D eigenvalue weighted by atomic mass is 9.64. The van der Waals surface area contributed by atoms with Gasteiger partial charge in [0.15, 0.2) is 0 Å². The van der Waals surface area contributed by atoms with Gasteiger partial charge in [0.2, 0.25) is 0 Å². The molecule has 1 aliphatic carbocycles. The molecule has 0 aromatic rings. The average molecular weight is 197 g/mol. The Labute approximate surface area is 89.7 Å². The fourth-order valence-electron chi connectivity index (χ4n) is 2.45. The van der Waals surface area contributed by atoms with Gasteiger partial charge in [0.25, 0.3) is 0 Å². The van der Waals surface area contributed by atoms with E-state index in [1.807, 2.05) is 0 Å². The fourth-order valence-corrected chi connectivity index (χ4v) is 2.45. The van der Waals surface area contributed by atoms with Crippen LogP contribution in [0.1, 0.15) is 60.3 Å². The van der Waals surface area contributed by atoms with Crippen LogP contribution < -0.4 is 5.32 Å². The van der Waals surface area contributed by atoms with Crippen molar-refractivity contribution in [2.24, 2.45) is 11.3 Å². The largest absolute Gasteiger partial charge is 0.312 e. The van der Waals surface area contributed by atoms with Crippen molar-refractivity contribution in [2.75, 3.05) is 6.54 Å². The molecule has 0 aromatic heterocycles. The Bertz CT molecular complexity index is 172. The highest BCUT2D eigenvalue weighted by Crippen LogP contribution is 2.45. The van der Waals surface area contributed by atoms with Crippen molar-refractivity contribution >= 4 is 0 Å². The molecule has 0 aliphatic heterocycles. The molecule has 0 spiro atoms. The second kappa shape index (κ2) is 4.22. The van der Waals surface area contributed by atoms with Gasteiger partial charge in [0, 0.05) is 12.1 Å². The highest BCUT2D eigenvalue weighted by atomic mass is 15.0. The molecule has 0 atom stereocenters. The lowest BCUT2D eigenvalue weighted by Crippen LogP contribution is -2.47. The SMILES string of the molecule is CC(C)CC1(CNC(C)(C)C)CCC1. The topological polar surface area (TPSA) is 12.0 Å². The van der Waals surface area contributed by atoms with Crippen LogP contribution in [-0.2, 0) is 0 Å². The Kier molecular flexibility index (Phi) is 3.63. The van der Waals surface area contributed by atoms with Crippen LogP contribution in [0.3, 0.4) is 0 Å². The number of hydrogen-bond acceptors (Lipinski definition) is 1. The first kappa shape index (κ1) is 12.0. The van der Waals surface area contributed by atoms with E-state index < -0.39 is 0 Å². The molecule has 0 aromatic carbocycles. The molecule has 84 valence electrons. The molecule has 1 fully saturated rings. The third kappa shape index (κ3) is 3.61. The molecular formula is C13H27N. The van der Waals surface area contributed by atoms with Crippen LogP contribution in [0.25, 0.3) is 0 Å². The number of rotatable bonds is 4. The Morgan fingerprint density at radius 1 is 1.21 bits per heavy atom. The first-order chi connectivity index (χ1) is 6.33. The maximum absolute atomic E-state index is 3.67. The molecule has 0 saturated heterocycles. The molecule has 0 amide bonds. The highest BCUT2D eigenvalue weighted by molar-refractivity contribution is 4.91. The first-order valence-corrected chi connectivity index (χ1v) is 6.08. The summed E-state index contributed by atoms with van der Waals surface area (Å²) in [4.78, 5) is 0. The van der Waals surface area contributed by atoms with Crippen molar-refractivity contribution in [1.82, 2.24) is 5.32 Å². The van der Waals surface area contributed by atoms with E-state index in [2.05, 4.69) is 39.9 Å². The summed E-state index contributed by atoms with van der Waals surface area (Å²) < 4.78 is 0. The summed E-state index contributed by atoms with van der Waals surface area (Å²) in [5.74, 6) is 0.845. The first-order valence-electron chi connectivity index (χ1n) is 6.08. The van der Waals surface area contributed by atoms with Crippen molar-refractivity contribution in [2.45, 2.75) is 65.8 Å². The van der Waals surface area contributed by atoms with Gasteiger partial charge in [-0.2, -0.15) is 0 Å². The molecule has 1 saturated carbocycles. The quantitative estimate of drug-likeness (QED) is 0.726. The molecule has 1 aliphatic rings. The van der Waals surface area contributed by atoms with Crippen LogP contribution >= 0.6 is 0 Å². The second-order valence-electron chi connectivity index (χ2n) is 6.56. The lowest BCUT2D eigenvalue weighted by Gasteiger charge is -2.45. The summed E-state index contributed by atoms with van der Waals surface area (Å²) in [5, 5.41) is 3.67. The van der Waals surface area contributed by atoms with Gasteiger partial charge in [-0.05, 0) is 51.4 Å². The van der Waals surface area contributed by atoms with Gasteiger partial charge >= 0.3 is 0 Å². The van der Waals surface area contributed by atoms with Crippen LogP contribution in [-0.4, -0.2) is 12.1 Å². The van der Waals surface area contributed by atoms with Gasteiger partial charge in [0.1, 0.15) is 0 Å². The predicted octanol–water partition coefficient (Wildman–Crippen LogP) is 3.59.